The van der Waals surface area contributed by atoms with Gasteiger partial charge in [0.2, 0.25) is 5.91 Å². The molecule has 2 nitrogen and oxygen atoms in total. The number of amides is 1. The zero-order valence-corrected chi connectivity index (χ0v) is 4.89. The van der Waals surface area contributed by atoms with Gasteiger partial charge in [-0.25, -0.2) is 0 Å². The van der Waals surface area contributed by atoms with Gasteiger partial charge in [-0.3, -0.25) is 4.79 Å². The molecule has 2 N–H and O–H groups in total. The number of unbranched alkanes of at least 4 members (excludes halogenated alkanes) is 1. The fraction of sp³-hybridized carbons (Fsp3) is 0.857. The van der Waals surface area contributed by atoms with Crippen LogP contribution < -0.4 is 5.73 Å². The summed E-state index contributed by atoms with van der Waals surface area (Å²) in [4.78, 5) is 10.1. The summed E-state index contributed by atoms with van der Waals surface area (Å²) in [6.45, 7) is 0. The lowest BCUT2D eigenvalue weighted by Gasteiger charge is -1.90. The summed E-state index contributed by atoms with van der Waals surface area (Å²) in [6, 6.07) is 0. The fourth-order valence-corrected chi connectivity index (χ4v) is 0.444. The van der Waals surface area contributed by atoms with Crippen LogP contribution in [0.5, 0.6) is 0 Å². The molecule has 0 atom stereocenters. The SMILES string of the molecule is C.C.[B]CCCCC(N)=O. The van der Waals surface area contributed by atoms with E-state index in [1.54, 1.807) is 0 Å². The highest BCUT2D eigenvalue weighted by Crippen LogP contribution is 1.95. The predicted molar refractivity (Wildman–Crippen MR) is 47.1 cm³/mol. The minimum absolute atomic E-state index is 0. The maximum absolute atomic E-state index is 10.1. The Bertz CT molecular complexity index is 76.0. The van der Waals surface area contributed by atoms with Crippen molar-refractivity contribution in [1.29, 1.82) is 0 Å². The van der Waals surface area contributed by atoms with Crippen molar-refractivity contribution in [2.75, 3.05) is 0 Å². The van der Waals surface area contributed by atoms with Crippen LogP contribution in [-0.2, 0) is 4.79 Å². The zero-order valence-electron chi connectivity index (χ0n) is 4.89. The van der Waals surface area contributed by atoms with E-state index in [1.807, 2.05) is 0 Å². The maximum atomic E-state index is 10.1. The lowest BCUT2D eigenvalue weighted by atomic mass is 9.99. The van der Waals surface area contributed by atoms with E-state index in [0.29, 0.717) is 12.7 Å². The molecule has 0 aliphatic carbocycles. The van der Waals surface area contributed by atoms with Crippen molar-refractivity contribution in [3.63, 3.8) is 0 Å². The van der Waals surface area contributed by atoms with Gasteiger partial charge in [-0.1, -0.05) is 27.6 Å². The first-order valence-electron chi connectivity index (χ1n) is 2.75. The molecule has 0 aromatic heterocycles. The number of nitrogens with two attached hydrogens (primary N) is 1. The van der Waals surface area contributed by atoms with Crippen LogP contribution in [-0.4, -0.2) is 13.8 Å². The molecule has 0 aliphatic heterocycles. The highest BCUT2D eigenvalue weighted by molar-refractivity contribution is 6.08. The Morgan fingerprint density at radius 1 is 1.30 bits per heavy atom. The molecular formula is C7H18BNO. The molecule has 0 aromatic carbocycles. The lowest BCUT2D eigenvalue weighted by Crippen LogP contribution is -2.09. The molecule has 0 bridgehead atoms. The van der Waals surface area contributed by atoms with Gasteiger partial charge in [-0.05, 0) is 6.42 Å². The molecule has 0 aromatic rings. The molecule has 0 rings (SSSR count). The van der Waals surface area contributed by atoms with Gasteiger partial charge in [-0.2, -0.15) is 0 Å². The van der Waals surface area contributed by atoms with E-state index in [-0.39, 0.29) is 20.8 Å². The van der Waals surface area contributed by atoms with Gasteiger partial charge in [0.15, 0.2) is 0 Å². The van der Waals surface area contributed by atoms with Crippen LogP contribution >= 0.6 is 0 Å². The van der Waals surface area contributed by atoms with Crippen LogP contribution in [0, 0.1) is 0 Å². The quantitative estimate of drug-likeness (QED) is 0.470. The Balaban J connectivity index is -0.000000245. The van der Waals surface area contributed by atoms with Gasteiger partial charge < -0.3 is 5.73 Å². The molecule has 0 saturated heterocycles. The van der Waals surface area contributed by atoms with Crippen LogP contribution in [0.1, 0.15) is 34.1 Å². The second kappa shape index (κ2) is 11.3. The molecule has 60 valence electrons. The molecule has 10 heavy (non-hydrogen) atoms. The third-order valence-electron chi connectivity index (χ3n) is 0.877. The summed E-state index contributed by atoms with van der Waals surface area (Å²) in [5.41, 5.74) is 4.85. The zero-order chi connectivity index (χ0) is 6.41. The lowest BCUT2D eigenvalue weighted by molar-refractivity contribution is -0.118. The van der Waals surface area contributed by atoms with Gasteiger partial charge in [0.05, 0.1) is 7.85 Å². The topological polar surface area (TPSA) is 43.1 Å². The number of rotatable bonds is 4. The van der Waals surface area contributed by atoms with Crippen molar-refractivity contribution in [3.05, 3.63) is 0 Å². The average molecular weight is 143 g/mol. The van der Waals surface area contributed by atoms with Gasteiger partial charge in [-0.15, -0.1) is 0 Å². The highest BCUT2D eigenvalue weighted by atomic mass is 16.1. The van der Waals surface area contributed by atoms with Gasteiger partial charge >= 0.3 is 0 Å². The predicted octanol–water partition coefficient (Wildman–Crippen LogP) is 1.50. The maximum Gasteiger partial charge on any atom is 0.217 e. The van der Waals surface area contributed by atoms with Gasteiger partial charge in [0.1, 0.15) is 0 Å². The Morgan fingerprint density at radius 2 is 1.80 bits per heavy atom. The van der Waals surface area contributed by atoms with Crippen molar-refractivity contribution in [2.45, 2.75) is 40.4 Å². The smallest absolute Gasteiger partial charge is 0.217 e. The largest absolute Gasteiger partial charge is 0.370 e. The van der Waals surface area contributed by atoms with E-state index in [1.165, 1.54) is 0 Å². The first kappa shape index (κ1) is 16.3. The molecule has 1 amide bonds. The molecule has 0 unspecified atom stereocenters. The molecular weight excluding hydrogens is 125 g/mol. The summed E-state index contributed by atoms with van der Waals surface area (Å²) in [5.74, 6) is -0.238. The van der Waals surface area contributed by atoms with Crippen LogP contribution in [0.25, 0.3) is 0 Å². The van der Waals surface area contributed by atoms with Crippen molar-refractivity contribution in [1.82, 2.24) is 0 Å². The highest BCUT2D eigenvalue weighted by Gasteiger charge is 1.90. The van der Waals surface area contributed by atoms with E-state index < -0.39 is 0 Å². The summed E-state index contributed by atoms with van der Waals surface area (Å²) >= 11 is 0. The third-order valence-corrected chi connectivity index (χ3v) is 0.877. The van der Waals surface area contributed by atoms with E-state index in [4.69, 9.17) is 13.6 Å². The Kier molecular flexibility index (Phi) is 18.5. The van der Waals surface area contributed by atoms with Crippen LogP contribution in [0.3, 0.4) is 0 Å². The Labute approximate surface area is 65.6 Å². The minimum Gasteiger partial charge on any atom is -0.370 e. The molecule has 0 saturated carbocycles. The van der Waals surface area contributed by atoms with E-state index in [0.717, 1.165) is 12.8 Å². The van der Waals surface area contributed by atoms with Crippen molar-refractivity contribution in [2.24, 2.45) is 5.73 Å². The second-order valence-corrected chi connectivity index (χ2v) is 1.71. The van der Waals surface area contributed by atoms with Crippen LogP contribution in [0.2, 0.25) is 6.32 Å². The first-order chi connectivity index (χ1) is 3.77. The van der Waals surface area contributed by atoms with Crippen LogP contribution in [0.15, 0.2) is 0 Å². The van der Waals surface area contributed by atoms with Crippen molar-refractivity contribution < 1.29 is 4.79 Å². The van der Waals surface area contributed by atoms with E-state index >= 15 is 0 Å². The Morgan fingerprint density at radius 3 is 2.10 bits per heavy atom. The van der Waals surface area contributed by atoms with Crippen molar-refractivity contribution >= 4 is 13.8 Å². The fourth-order valence-electron chi connectivity index (χ4n) is 0.444. The molecule has 0 aliphatic rings. The number of hydrogen-bond donors (Lipinski definition) is 1. The standard InChI is InChI=1S/C5H10BNO.2CH4/c6-4-2-1-3-5(7)8;;/h1-4H2,(H2,7,8);2*1H4. The van der Waals surface area contributed by atoms with Gasteiger partial charge in [0.25, 0.3) is 0 Å². The number of hydrogen-bond acceptors (Lipinski definition) is 1. The Hall–Kier alpha value is -0.465. The molecule has 0 heterocycles. The van der Waals surface area contributed by atoms with E-state index in [9.17, 15) is 4.79 Å². The minimum atomic E-state index is -0.238. The summed E-state index contributed by atoms with van der Waals surface area (Å²) < 4.78 is 0. The monoisotopic (exact) mass is 143 g/mol. The second-order valence-electron chi connectivity index (χ2n) is 1.71. The number of carbonyl (C=O) groups is 1. The van der Waals surface area contributed by atoms with Crippen molar-refractivity contribution in [3.8, 4) is 0 Å². The summed E-state index contributed by atoms with van der Waals surface area (Å²) in [5, 5.41) is 0. The third kappa shape index (κ3) is 15.6. The normalized spacial score (nSPS) is 7.20. The van der Waals surface area contributed by atoms with Gasteiger partial charge in [0, 0.05) is 6.42 Å². The molecule has 2 radical (unpaired) electrons. The number of carbonyl (C=O) groups excluding carboxylic acids is 1. The average Bonchev–Trinajstić information content (AvgIpc) is 1.66. The molecule has 0 fully saturated rings. The number of primary amides is 1. The molecule has 3 heteroatoms. The molecule has 0 spiro atoms. The summed E-state index contributed by atoms with van der Waals surface area (Å²) in [6.07, 6.45) is 2.83. The summed E-state index contributed by atoms with van der Waals surface area (Å²) in [7, 11) is 5.16. The first-order valence-corrected chi connectivity index (χ1v) is 2.75. The van der Waals surface area contributed by atoms with E-state index in [2.05, 4.69) is 0 Å². The van der Waals surface area contributed by atoms with Crippen LogP contribution in [0.4, 0.5) is 0 Å².